The van der Waals surface area contributed by atoms with Gasteiger partial charge in [-0.25, -0.2) is 0 Å². The van der Waals surface area contributed by atoms with Crippen LogP contribution in [0.4, 0.5) is 0 Å². The van der Waals surface area contributed by atoms with Gasteiger partial charge in [-0.3, -0.25) is 4.99 Å². The highest BCUT2D eigenvalue weighted by atomic mass is 15.2. The maximum atomic E-state index is 4.57. The van der Waals surface area contributed by atoms with Crippen LogP contribution in [0.5, 0.6) is 0 Å². The molecule has 1 aliphatic carbocycles. The van der Waals surface area contributed by atoms with Crippen LogP contribution < -0.4 is 5.32 Å². The van der Waals surface area contributed by atoms with Crippen LogP contribution in [0, 0.1) is 17.8 Å². The molecule has 0 bridgehead atoms. The van der Waals surface area contributed by atoms with Crippen molar-refractivity contribution in [2.45, 2.75) is 12.8 Å². The number of nitrogens with one attached hydrogen (secondary N) is 1. The third-order valence-corrected chi connectivity index (χ3v) is 4.03. The zero-order valence-electron chi connectivity index (χ0n) is 8.87. The minimum absolute atomic E-state index is 0.971. The van der Waals surface area contributed by atoms with Crippen LogP contribution in [-0.2, 0) is 0 Å². The van der Waals surface area contributed by atoms with Gasteiger partial charge >= 0.3 is 0 Å². The van der Waals surface area contributed by atoms with Gasteiger partial charge in [0, 0.05) is 26.1 Å². The number of fused-ring (bicyclic) bond motifs is 1. The van der Waals surface area contributed by atoms with Crippen molar-refractivity contribution < 1.29 is 0 Å². The summed E-state index contributed by atoms with van der Waals surface area (Å²) in [5.41, 5.74) is 0. The summed E-state index contributed by atoms with van der Waals surface area (Å²) in [5.74, 6) is 4.33. The fourth-order valence-corrected chi connectivity index (χ4v) is 3.18. The summed E-state index contributed by atoms with van der Waals surface area (Å²) < 4.78 is 0. The molecular weight excluding hydrogens is 174 g/mol. The second kappa shape index (κ2) is 3.23. The Morgan fingerprint density at radius 1 is 1.43 bits per heavy atom. The van der Waals surface area contributed by atoms with Crippen LogP contribution in [0.1, 0.15) is 12.8 Å². The van der Waals surface area contributed by atoms with Crippen molar-refractivity contribution in [3.63, 3.8) is 0 Å². The van der Waals surface area contributed by atoms with Crippen molar-refractivity contribution >= 4 is 5.84 Å². The van der Waals surface area contributed by atoms with Crippen LogP contribution >= 0.6 is 0 Å². The average Bonchev–Trinajstić information content (AvgIpc) is 2.71. The molecule has 2 atom stereocenters. The van der Waals surface area contributed by atoms with E-state index in [4.69, 9.17) is 0 Å². The number of hydrogen-bond donors (Lipinski definition) is 1. The Balaban J connectivity index is 1.55. The molecule has 1 saturated carbocycles. The average molecular weight is 193 g/mol. The highest BCUT2D eigenvalue weighted by Gasteiger charge is 2.55. The molecule has 3 nitrogen and oxygen atoms in total. The third-order valence-electron chi connectivity index (χ3n) is 4.03. The number of hydrogen-bond acceptors (Lipinski definition) is 3. The van der Waals surface area contributed by atoms with E-state index in [1.165, 1.54) is 38.3 Å². The molecule has 2 fully saturated rings. The van der Waals surface area contributed by atoms with E-state index in [2.05, 4.69) is 22.3 Å². The van der Waals surface area contributed by atoms with Crippen LogP contribution in [0.15, 0.2) is 4.99 Å². The van der Waals surface area contributed by atoms with E-state index in [1.807, 2.05) is 0 Å². The summed E-state index contributed by atoms with van der Waals surface area (Å²) >= 11 is 0. The summed E-state index contributed by atoms with van der Waals surface area (Å²) in [5, 5.41) is 3.29. The van der Waals surface area contributed by atoms with E-state index in [9.17, 15) is 0 Å². The standard InChI is InChI=1S/C11H19N3/c1-12-5-8-9-6-14(7-10(8)9)11-3-2-4-13-11/h8-10,12H,2-7H2,1H3. The molecule has 2 unspecified atom stereocenters. The Morgan fingerprint density at radius 3 is 2.79 bits per heavy atom. The van der Waals surface area contributed by atoms with Crippen molar-refractivity contribution in [1.82, 2.24) is 10.2 Å². The SMILES string of the molecule is CNCC1C2CN(C3=NCCC3)CC12. The first-order chi connectivity index (χ1) is 6.90. The third kappa shape index (κ3) is 1.26. The topological polar surface area (TPSA) is 27.6 Å². The first-order valence-corrected chi connectivity index (χ1v) is 5.83. The Kier molecular flexibility index (Phi) is 2.01. The van der Waals surface area contributed by atoms with Crippen LogP contribution in [0.25, 0.3) is 0 Å². The van der Waals surface area contributed by atoms with Crippen molar-refractivity contribution in [1.29, 1.82) is 0 Å². The first kappa shape index (κ1) is 8.72. The van der Waals surface area contributed by atoms with E-state index < -0.39 is 0 Å². The highest BCUT2D eigenvalue weighted by molar-refractivity contribution is 5.84. The van der Waals surface area contributed by atoms with Crippen molar-refractivity contribution in [2.24, 2.45) is 22.7 Å². The minimum atomic E-state index is 0.971. The van der Waals surface area contributed by atoms with Crippen LogP contribution in [-0.4, -0.2) is 44.0 Å². The molecule has 0 aromatic carbocycles. The second-order valence-corrected chi connectivity index (χ2v) is 4.86. The quantitative estimate of drug-likeness (QED) is 0.694. The smallest absolute Gasteiger partial charge is 0.0989 e. The molecule has 0 aromatic heterocycles. The van der Waals surface area contributed by atoms with Crippen molar-refractivity contribution in [3.05, 3.63) is 0 Å². The number of likely N-dealkylation sites (tertiary alicyclic amines) is 1. The second-order valence-electron chi connectivity index (χ2n) is 4.86. The lowest BCUT2D eigenvalue weighted by Crippen LogP contribution is -2.31. The van der Waals surface area contributed by atoms with Crippen molar-refractivity contribution in [2.75, 3.05) is 33.2 Å². The van der Waals surface area contributed by atoms with E-state index in [0.29, 0.717) is 0 Å². The lowest BCUT2D eigenvalue weighted by atomic mass is 10.2. The molecule has 3 heteroatoms. The van der Waals surface area contributed by atoms with Gasteiger partial charge in [-0.05, 0) is 37.8 Å². The molecule has 0 amide bonds. The van der Waals surface area contributed by atoms with Gasteiger partial charge in [0.25, 0.3) is 0 Å². The van der Waals surface area contributed by atoms with Gasteiger partial charge in [-0.2, -0.15) is 0 Å². The summed E-state index contributed by atoms with van der Waals surface area (Å²) in [7, 11) is 2.06. The molecule has 0 spiro atoms. The summed E-state index contributed by atoms with van der Waals surface area (Å²) in [6.07, 6.45) is 2.51. The van der Waals surface area contributed by atoms with Gasteiger partial charge in [0.15, 0.2) is 0 Å². The molecule has 14 heavy (non-hydrogen) atoms. The minimum Gasteiger partial charge on any atom is -0.360 e. The Bertz CT molecular complexity index is 249. The van der Waals surface area contributed by atoms with Gasteiger partial charge in [-0.1, -0.05) is 0 Å². The van der Waals surface area contributed by atoms with E-state index in [0.717, 1.165) is 24.3 Å². The predicted octanol–water partition coefficient (Wildman–Crippen LogP) is 0.576. The lowest BCUT2D eigenvalue weighted by Gasteiger charge is -2.21. The molecule has 78 valence electrons. The number of amidine groups is 1. The van der Waals surface area contributed by atoms with Gasteiger partial charge in [-0.15, -0.1) is 0 Å². The van der Waals surface area contributed by atoms with E-state index >= 15 is 0 Å². The van der Waals surface area contributed by atoms with Gasteiger partial charge in [0.05, 0.1) is 5.84 Å². The number of piperidine rings is 1. The zero-order chi connectivity index (χ0) is 9.54. The first-order valence-electron chi connectivity index (χ1n) is 5.83. The maximum Gasteiger partial charge on any atom is 0.0989 e. The molecule has 2 aliphatic heterocycles. The predicted molar refractivity (Wildman–Crippen MR) is 57.5 cm³/mol. The van der Waals surface area contributed by atoms with Crippen molar-refractivity contribution in [3.8, 4) is 0 Å². The molecule has 3 aliphatic rings. The van der Waals surface area contributed by atoms with Gasteiger partial charge < -0.3 is 10.2 Å². The van der Waals surface area contributed by atoms with Crippen LogP contribution in [0.2, 0.25) is 0 Å². The Morgan fingerprint density at radius 2 is 2.21 bits per heavy atom. The fourth-order valence-electron chi connectivity index (χ4n) is 3.18. The molecule has 0 aromatic rings. The molecule has 3 rings (SSSR count). The fraction of sp³-hybridized carbons (Fsp3) is 0.909. The normalized spacial score (nSPS) is 39.9. The Hall–Kier alpha value is -0.570. The van der Waals surface area contributed by atoms with E-state index in [-0.39, 0.29) is 0 Å². The molecule has 0 radical (unpaired) electrons. The number of nitrogens with zero attached hydrogens (tertiary/aromatic N) is 2. The summed E-state index contributed by atoms with van der Waals surface area (Å²) in [6.45, 7) is 4.86. The van der Waals surface area contributed by atoms with Gasteiger partial charge in [0.1, 0.15) is 0 Å². The monoisotopic (exact) mass is 193 g/mol. The Labute approximate surface area is 85.6 Å². The molecule has 2 heterocycles. The zero-order valence-corrected chi connectivity index (χ0v) is 8.87. The lowest BCUT2D eigenvalue weighted by molar-refractivity contribution is 0.409. The molecular formula is C11H19N3. The van der Waals surface area contributed by atoms with Crippen LogP contribution in [0.3, 0.4) is 0 Å². The summed E-state index contributed by atoms with van der Waals surface area (Å²) in [4.78, 5) is 7.11. The number of rotatable bonds is 2. The summed E-state index contributed by atoms with van der Waals surface area (Å²) in [6, 6.07) is 0. The van der Waals surface area contributed by atoms with E-state index in [1.54, 1.807) is 0 Å². The highest BCUT2D eigenvalue weighted by Crippen LogP contribution is 2.51. The largest absolute Gasteiger partial charge is 0.360 e. The number of aliphatic imine (C=N–C) groups is 1. The molecule has 1 saturated heterocycles. The molecule has 1 N–H and O–H groups in total. The maximum absolute atomic E-state index is 4.57. The van der Waals surface area contributed by atoms with Gasteiger partial charge in [0.2, 0.25) is 0 Å².